The Bertz CT molecular complexity index is 282. The fourth-order valence-corrected chi connectivity index (χ4v) is 0.887. The van der Waals surface area contributed by atoms with E-state index in [0.29, 0.717) is 6.42 Å². The van der Waals surface area contributed by atoms with Crippen molar-refractivity contribution in [3.05, 3.63) is 17.5 Å². The molecule has 0 aliphatic rings. The van der Waals surface area contributed by atoms with Crippen molar-refractivity contribution in [1.29, 1.82) is 0 Å². The molecule has 5 heteroatoms. The highest BCUT2D eigenvalue weighted by Crippen LogP contribution is 2.04. The maximum atomic E-state index is 10.4. The molecule has 1 aromatic heterocycles. The fraction of sp³-hybridized carbons (Fsp3) is 0.429. The molecule has 1 aromatic rings. The van der Waals surface area contributed by atoms with E-state index in [0.717, 1.165) is 11.3 Å². The molecule has 0 bridgehead atoms. The van der Waals surface area contributed by atoms with Gasteiger partial charge in [-0.15, -0.1) is 0 Å². The number of carbonyl (C=O) groups is 1. The van der Waals surface area contributed by atoms with Crippen molar-refractivity contribution in [3.8, 4) is 0 Å². The molecule has 0 saturated carbocycles. The SMILES string of the molecule is Cc1cn[nH]c1CC(N)C(=O)O. The molecular weight excluding hydrogens is 158 g/mol. The van der Waals surface area contributed by atoms with Gasteiger partial charge in [0.25, 0.3) is 0 Å². The number of hydrogen-bond acceptors (Lipinski definition) is 3. The lowest BCUT2D eigenvalue weighted by Gasteiger charge is -2.03. The third-order valence-electron chi connectivity index (χ3n) is 1.67. The van der Waals surface area contributed by atoms with Crippen molar-refractivity contribution in [3.63, 3.8) is 0 Å². The van der Waals surface area contributed by atoms with Crippen LogP contribution >= 0.6 is 0 Å². The summed E-state index contributed by atoms with van der Waals surface area (Å²) >= 11 is 0. The molecule has 1 unspecified atom stereocenters. The second-order valence-corrected chi connectivity index (χ2v) is 2.68. The van der Waals surface area contributed by atoms with Gasteiger partial charge in [-0.2, -0.15) is 5.10 Å². The van der Waals surface area contributed by atoms with Crippen LogP contribution in [-0.2, 0) is 11.2 Å². The molecule has 1 atom stereocenters. The van der Waals surface area contributed by atoms with Crippen molar-refractivity contribution < 1.29 is 9.90 Å². The van der Waals surface area contributed by atoms with E-state index in [-0.39, 0.29) is 0 Å². The van der Waals surface area contributed by atoms with Crippen LogP contribution in [0.3, 0.4) is 0 Å². The van der Waals surface area contributed by atoms with Crippen LogP contribution in [0.25, 0.3) is 0 Å². The average molecular weight is 169 g/mol. The molecule has 0 saturated heterocycles. The normalized spacial score (nSPS) is 12.8. The van der Waals surface area contributed by atoms with Gasteiger partial charge in [0.15, 0.2) is 0 Å². The van der Waals surface area contributed by atoms with Gasteiger partial charge in [0.05, 0.1) is 6.20 Å². The van der Waals surface area contributed by atoms with Gasteiger partial charge in [-0.3, -0.25) is 9.89 Å². The number of carboxylic acid groups (broad SMARTS) is 1. The third kappa shape index (κ3) is 1.82. The zero-order valence-electron chi connectivity index (χ0n) is 6.74. The molecular formula is C7H11N3O2. The Kier molecular flexibility index (Phi) is 2.44. The largest absolute Gasteiger partial charge is 0.480 e. The molecule has 0 spiro atoms. The van der Waals surface area contributed by atoms with Gasteiger partial charge in [-0.1, -0.05) is 0 Å². The third-order valence-corrected chi connectivity index (χ3v) is 1.67. The first-order valence-corrected chi connectivity index (χ1v) is 3.58. The number of aryl methyl sites for hydroxylation is 1. The maximum absolute atomic E-state index is 10.4. The summed E-state index contributed by atoms with van der Waals surface area (Å²) < 4.78 is 0. The number of nitrogens with two attached hydrogens (primary N) is 1. The average Bonchev–Trinajstić information content (AvgIpc) is 2.36. The molecule has 0 aliphatic heterocycles. The second-order valence-electron chi connectivity index (χ2n) is 2.68. The Morgan fingerprint density at radius 3 is 3.00 bits per heavy atom. The van der Waals surface area contributed by atoms with Gasteiger partial charge in [0, 0.05) is 12.1 Å². The van der Waals surface area contributed by atoms with E-state index in [2.05, 4.69) is 10.2 Å². The van der Waals surface area contributed by atoms with Crippen molar-refractivity contribution in [1.82, 2.24) is 10.2 Å². The number of nitrogens with zero attached hydrogens (tertiary/aromatic N) is 1. The summed E-state index contributed by atoms with van der Waals surface area (Å²) in [7, 11) is 0. The topological polar surface area (TPSA) is 92.0 Å². The van der Waals surface area contributed by atoms with Gasteiger partial charge in [0.1, 0.15) is 6.04 Å². The number of aromatic amines is 1. The molecule has 4 N–H and O–H groups in total. The van der Waals surface area contributed by atoms with Crippen LogP contribution in [0.2, 0.25) is 0 Å². The lowest BCUT2D eigenvalue weighted by atomic mass is 10.1. The summed E-state index contributed by atoms with van der Waals surface area (Å²) in [6.45, 7) is 1.85. The van der Waals surface area contributed by atoms with Crippen LogP contribution in [0.5, 0.6) is 0 Å². The summed E-state index contributed by atoms with van der Waals surface area (Å²) in [4.78, 5) is 10.4. The van der Waals surface area contributed by atoms with Crippen LogP contribution in [0, 0.1) is 6.92 Å². The number of aliphatic carboxylic acids is 1. The maximum Gasteiger partial charge on any atom is 0.320 e. The van der Waals surface area contributed by atoms with E-state index in [1.54, 1.807) is 6.20 Å². The minimum Gasteiger partial charge on any atom is -0.480 e. The smallest absolute Gasteiger partial charge is 0.320 e. The molecule has 0 fully saturated rings. The fourth-order valence-electron chi connectivity index (χ4n) is 0.887. The summed E-state index contributed by atoms with van der Waals surface area (Å²) in [5.41, 5.74) is 7.05. The quantitative estimate of drug-likeness (QED) is 0.577. The Morgan fingerprint density at radius 1 is 1.92 bits per heavy atom. The Labute approximate surface area is 69.6 Å². The van der Waals surface area contributed by atoms with E-state index in [9.17, 15) is 4.79 Å². The standard InChI is InChI=1S/C7H11N3O2/c1-4-3-9-10-6(4)2-5(8)7(11)12/h3,5H,2,8H2,1H3,(H,9,10)(H,11,12). The lowest BCUT2D eigenvalue weighted by Crippen LogP contribution is -2.32. The molecule has 0 amide bonds. The highest BCUT2D eigenvalue weighted by atomic mass is 16.4. The van der Waals surface area contributed by atoms with E-state index >= 15 is 0 Å². The van der Waals surface area contributed by atoms with Gasteiger partial charge in [-0.25, -0.2) is 0 Å². The van der Waals surface area contributed by atoms with Crippen molar-refractivity contribution in [2.75, 3.05) is 0 Å². The monoisotopic (exact) mass is 169 g/mol. The highest BCUT2D eigenvalue weighted by molar-refractivity contribution is 5.73. The van der Waals surface area contributed by atoms with Crippen molar-refractivity contribution in [2.24, 2.45) is 5.73 Å². The zero-order chi connectivity index (χ0) is 9.14. The molecule has 0 radical (unpaired) electrons. The number of H-pyrrole nitrogens is 1. The summed E-state index contributed by atoms with van der Waals surface area (Å²) in [5, 5.41) is 15.0. The van der Waals surface area contributed by atoms with Gasteiger partial charge < -0.3 is 10.8 Å². The zero-order valence-corrected chi connectivity index (χ0v) is 6.74. The van der Waals surface area contributed by atoms with E-state index in [1.165, 1.54) is 0 Å². The summed E-state index contributed by atoms with van der Waals surface area (Å²) in [6.07, 6.45) is 1.94. The number of hydrogen-bond donors (Lipinski definition) is 3. The van der Waals surface area contributed by atoms with Crippen LogP contribution in [0.1, 0.15) is 11.3 Å². The molecule has 0 aromatic carbocycles. The van der Waals surface area contributed by atoms with Crippen molar-refractivity contribution in [2.45, 2.75) is 19.4 Å². The lowest BCUT2D eigenvalue weighted by molar-refractivity contribution is -0.138. The first kappa shape index (κ1) is 8.73. The molecule has 0 aliphatic carbocycles. The van der Waals surface area contributed by atoms with Crippen molar-refractivity contribution >= 4 is 5.97 Å². The van der Waals surface area contributed by atoms with Crippen LogP contribution in [0.15, 0.2) is 6.20 Å². The van der Waals surface area contributed by atoms with Crippen LogP contribution in [0.4, 0.5) is 0 Å². The van der Waals surface area contributed by atoms with E-state index in [1.807, 2.05) is 6.92 Å². The highest BCUT2D eigenvalue weighted by Gasteiger charge is 2.13. The first-order chi connectivity index (χ1) is 5.61. The Balaban J connectivity index is 2.64. The van der Waals surface area contributed by atoms with Gasteiger partial charge in [0.2, 0.25) is 0 Å². The minimum atomic E-state index is -0.996. The Morgan fingerprint density at radius 2 is 2.58 bits per heavy atom. The minimum absolute atomic E-state index is 0.293. The van der Waals surface area contributed by atoms with Gasteiger partial charge in [-0.05, 0) is 12.5 Å². The number of nitrogens with one attached hydrogen (secondary N) is 1. The predicted molar refractivity (Wildman–Crippen MR) is 42.6 cm³/mol. The first-order valence-electron chi connectivity index (χ1n) is 3.58. The van der Waals surface area contributed by atoms with Crippen LogP contribution < -0.4 is 5.73 Å². The molecule has 66 valence electrons. The molecule has 1 rings (SSSR count). The summed E-state index contributed by atoms with van der Waals surface area (Å²) in [6, 6.07) is -0.857. The number of aromatic nitrogens is 2. The molecule has 12 heavy (non-hydrogen) atoms. The summed E-state index contributed by atoms with van der Waals surface area (Å²) in [5.74, 6) is -0.996. The van der Waals surface area contributed by atoms with E-state index < -0.39 is 12.0 Å². The molecule has 5 nitrogen and oxygen atoms in total. The van der Waals surface area contributed by atoms with E-state index in [4.69, 9.17) is 10.8 Å². The van der Waals surface area contributed by atoms with Crippen LogP contribution in [-0.4, -0.2) is 27.3 Å². The van der Waals surface area contributed by atoms with Gasteiger partial charge >= 0.3 is 5.97 Å². The predicted octanol–water partition coefficient (Wildman–Crippen LogP) is -0.327. The molecule has 1 heterocycles. The second kappa shape index (κ2) is 3.36. The number of rotatable bonds is 3. The number of carboxylic acids is 1. The Hall–Kier alpha value is -1.36.